The van der Waals surface area contributed by atoms with E-state index in [0.717, 1.165) is 10.8 Å². The van der Waals surface area contributed by atoms with Gasteiger partial charge in [0.2, 0.25) is 0 Å². The van der Waals surface area contributed by atoms with E-state index in [1.54, 1.807) is 30.3 Å². The number of hydrogen-bond acceptors (Lipinski definition) is 4. The number of carbonyl (C=O) groups excluding carboxylic acids is 1. The fourth-order valence-electron chi connectivity index (χ4n) is 3.16. The molecule has 0 bridgehead atoms. The Hall–Kier alpha value is -3.26. The van der Waals surface area contributed by atoms with Crippen molar-refractivity contribution in [2.45, 2.75) is 4.90 Å². The lowest BCUT2D eigenvalue weighted by molar-refractivity contribution is -0.118. The molecule has 0 aliphatic carbocycles. The van der Waals surface area contributed by atoms with E-state index < -0.39 is 10.0 Å². The zero-order valence-corrected chi connectivity index (χ0v) is 19.4. The minimum atomic E-state index is -3.87. The fraction of sp³-hybridized carbons (Fsp3) is 0.0417. The van der Waals surface area contributed by atoms with Crippen LogP contribution in [-0.4, -0.2) is 20.9 Å². The molecule has 0 unspecified atom stereocenters. The molecule has 0 fully saturated rings. The molecule has 4 aromatic rings. The van der Waals surface area contributed by atoms with Gasteiger partial charge in [-0.1, -0.05) is 59.6 Å². The SMILES string of the molecule is O=C(COc1ccc(S(=O)(=O)Nc2ccc(Cl)cc2)cc1Cl)Nc1cccc2ccccc12. The maximum atomic E-state index is 12.6. The number of benzene rings is 4. The van der Waals surface area contributed by atoms with Gasteiger partial charge in [0.25, 0.3) is 15.9 Å². The minimum absolute atomic E-state index is 0.0463. The Morgan fingerprint density at radius 3 is 2.36 bits per heavy atom. The number of fused-ring (bicyclic) bond motifs is 1. The molecular formula is C24H18Cl2N2O4S. The average Bonchev–Trinajstić information content (AvgIpc) is 2.80. The van der Waals surface area contributed by atoms with Gasteiger partial charge in [-0.3, -0.25) is 9.52 Å². The van der Waals surface area contributed by atoms with Crippen LogP contribution in [0.15, 0.2) is 89.8 Å². The molecule has 4 aromatic carbocycles. The van der Waals surface area contributed by atoms with Crippen LogP contribution < -0.4 is 14.8 Å². The van der Waals surface area contributed by atoms with Crippen LogP contribution in [0.1, 0.15) is 0 Å². The molecule has 0 saturated carbocycles. The lowest BCUT2D eigenvalue weighted by Crippen LogP contribution is -2.20. The number of ether oxygens (including phenoxy) is 1. The standard InChI is InChI=1S/C24H18Cl2N2O4S/c25-17-8-10-18(11-9-17)28-33(30,31)19-12-13-23(21(26)14-19)32-15-24(29)27-22-7-3-5-16-4-1-2-6-20(16)22/h1-14,28H,15H2,(H,27,29). The lowest BCUT2D eigenvalue weighted by atomic mass is 10.1. The Labute approximate surface area is 201 Å². The molecule has 0 atom stereocenters. The first-order valence-electron chi connectivity index (χ1n) is 9.80. The highest BCUT2D eigenvalue weighted by Gasteiger charge is 2.17. The molecule has 0 aromatic heterocycles. The first-order chi connectivity index (χ1) is 15.8. The van der Waals surface area contributed by atoms with E-state index >= 15 is 0 Å². The first-order valence-corrected chi connectivity index (χ1v) is 12.0. The number of amides is 1. The topological polar surface area (TPSA) is 84.5 Å². The second-order valence-electron chi connectivity index (χ2n) is 7.07. The Morgan fingerprint density at radius 2 is 1.61 bits per heavy atom. The maximum Gasteiger partial charge on any atom is 0.262 e. The summed E-state index contributed by atoms with van der Waals surface area (Å²) < 4.78 is 33.2. The van der Waals surface area contributed by atoms with Gasteiger partial charge in [-0.25, -0.2) is 8.42 Å². The molecule has 33 heavy (non-hydrogen) atoms. The normalized spacial score (nSPS) is 11.2. The highest BCUT2D eigenvalue weighted by molar-refractivity contribution is 7.92. The maximum absolute atomic E-state index is 12.6. The monoisotopic (exact) mass is 500 g/mol. The minimum Gasteiger partial charge on any atom is -0.482 e. The van der Waals surface area contributed by atoms with Gasteiger partial charge in [0, 0.05) is 21.8 Å². The third-order valence-electron chi connectivity index (χ3n) is 4.73. The molecule has 0 spiro atoms. The Bertz CT molecular complexity index is 1420. The van der Waals surface area contributed by atoms with Crippen LogP contribution >= 0.6 is 23.2 Å². The van der Waals surface area contributed by atoms with E-state index in [0.29, 0.717) is 16.4 Å². The van der Waals surface area contributed by atoms with Gasteiger partial charge in [0.15, 0.2) is 6.61 Å². The molecule has 1 amide bonds. The van der Waals surface area contributed by atoms with Gasteiger partial charge >= 0.3 is 0 Å². The summed E-state index contributed by atoms with van der Waals surface area (Å²) in [4.78, 5) is 12.4. The van der Waals surface area contributed by atoms with Crippen molar-refractivity contribution in [1.82, 2.24) is 0 Å². The molecule has 0 heterocycles. The number of hydrogen-bond donors (Lipinski definition) is 2. The zero-order valence-electron chi connectivity index (χ0n) is 17.1. The largest absolute Gasteiger partial charge is 0.482 e. The van der Waals surface area contributed by atoms with Gasteiger partial charge in [-0.2, -0.15) is 0 Å². The molecule has 0 radical (unpaired) electrons. The van der Waals surface area contributed by atoms with E-state index in [1.807, 2.05) is 36.4 Å². The van der Waals surface area contributed by atoms with Gasteiger partial charge in [0.1, 0.15) is 5.75 Å². The number of carbonyl (C=O) groups is 1. The Morgan fingerprint density at radius 1 is 0.879 bits per heavy atom. The highest BCUT2D eigenvalue weighted by Crippen LogP contribution is 2.29. The molecule has 2 N–H and O–H groups in total. The Balaban J connectivity index is 1.42. The summed E-state index contributed by atoms with van der Waals surface area (Å²) in [6.45, 7) is -0.294. The highest BCUT2D eigenvalue weighted by atomic mass is 35.5. The first kappa shape index (κ1) is 22.9. The molecular weight excluding hydrogens is 483 g/mol. The third kappa shape index (κ3) is 5.57. The number of halogens is 2. The molecule has 6 nitrogen and oxygen atoms in total. The quantitative estimate of drug-likeness (QED) is 0.327. The molecule has 168 valence electrons. The van der Waals surface area contributed by atoms with Crippen molar-refractivity contribution in [3.63, 3.8) is 0 Å². The molecule has 0 saturated heterocycles. The summed E-state index contributed by atoms with van der Waals surface area (Å²) in [5.41, 5.74) is 1.03. The zero-order chi connectivity index (χ0) is 23.4. The van der Waals surface area contributed by atoms with Crippen molar-refractivity contribution in [3.05, 3.63) is 95.0 Å². The van der Waals surface area contributed by atoms with E-state index in [4.69, 9.17) is 27.9 Å². The van der Waals surface area contributed by atoms with Crippen molar-refractivity contribution in [1.29, 1.82) is 0 Å². The summed E-state index contributed by atoms with van der Waals surface area (Å²) in [6, 6.07) is 23.6. The van der Waals surface area contributed by atoms with E-state index in [2.05, 4.69) is 10.0 Å². The summed E-state index contributed by atoms with van der Waals surface area (Å²) in [5.74, 6) is -0.182. The predicted molar refractivity (Wildman–Crippen MR) is 132 cm³/mol. The molecule has 0 aliphatic heterocycles. The van der Waals surface area contributed by atoms with Gasteiger partial charge in [-0.15, -0.1) is 0 Å². The van der Waals surface area contributed by atoms with Crippen molar-refractivity contribution >= 4 is 61.3 Å². The average molecular weight is 501 g/mol. The van der Waals surface area contributed by atoms with Crippen LogP contribution in [0.2, 0.25) is 10.0 Å². The van der Waals surface area contributed by atoms with Crippen LogP contribution in [0, 0.1) is 0 Å². The number of sulfonamides is 1. The summed E-state index contributed by atoms with van der Waals surface area (Å²) in [7, 11) is -3.87. The summed E-state index contributed by atoms with van der Waals surface area (Å²) >= 11 is 12.0. The van der Waals surface area contributed by atoms with E-state index in [-0.39, 0.29) is 28.2 Å². The number of rotatable bonds is 7. The summed E-state index contributed by atoms with van der Waals surface area (Å²) in [5, 5.41) is 5.29. The summed E-state index contributed by atoms with van der Waals surface area (Å²) in [6.07, 6.45) is 0. The van der Waals surface area contributed by atoms with Crippen molar-refractivity contribution < 1.29 is 17.9 Å². The molecule has 9 heteroatoms. The van der Waals surface area contributed by atoms with Crippen LogP contribution in [0.3, 0.4) is 0 Å². The lowest BCUT2D eigenvalue weighted by Gasteiger charge is -2.12. The second kappa shape index (κ2) is 9.70. The smallest absolute Gasteiger partial charge is 0.262 e. The Kier molecular flexibility index (Phi) is 6.74. The van der Waals surface area contributed by atoms with Crippen molar-refractivity contribution in [2.24, 2.45) is 0 Å². The van der Waals surface area contributed by atoms with Crippen LogP contribution in [0.25, 0.3) is 10.8 Å². The number of anilines is 2. The van der Waals surface area contributed by atoms with Crippen LogP contribution in [0.5, 0.6) is 5.75 Å². The van der Waals surface area contributed by atoms with E-state index in [1.165, 1.54) is 18.2 Å². The van der Waals surface area contributed by atoms with Gasteiger partial charge in [0.05, 0.1) is 9.92 Å². The number of nitrogens with one attached hydrogen (secondary N) is 2. The fourth-order valence-corrected chi connectivity index (χ4v) is 4.67. The van der Waals surface area contributed by atoms with Crippen LogP contribution in [-0.2, 0) is 14.8 Å². The van der Waals surface area contributed by atoms with Gasteiger partial charge < -0.3 is 10.1 Å². The van der Waals surface area contributed by atoms with Crippen molar-refractivity contribution in [2.75, 3.05) is 16.6 Å². The van der Waals surface area contributed by atoms with Gasteiger partial charge in [-0.05, 0) is 53.9 Å². The molecule has 0 aliphatic rings. The second-order valence-corrected chi connectivity index (χ2v) is 9.59. The molecule has 4 rings (SSSR count). The van der Waals surface area contributed by atoms with Crippen molar-refractivity contribution in [3.8, 4) is 5.75 Å². The van der Waals surface area contributed by atoms with Crippen LogP contribution in [0.4, 0.5) is 11.4 Å². The third-order valence-corrected chi connectivity index (χ3v) is 6.66. The predicted octanol–water partition coefficient (Wildman–Crippen LogP) is 5.96. The van der Waals surface area contributed by atoms with E-state index in [9.17, 15) is 13.2 Å².